The number of esters is 1. The first-order chi connectivity index (χ1) is 9.45. The van der Waals surface area contributed by atoms with Gasteiger partial charge in [0.05, 0.1) is 6.61 Å². The Hall–Kier alpha value is -0.710. The van der Waals surface area contributed by atoms with Crippen molar-refractivity contribution in [3.63, 3.8) is 0 Å². The SMILES string of the molecule is CCOC(=O)C(C)(N)CCCCSc1cccc(Cl)c1. The van der Waals surface area contributed by atoms with E-state index in [1.807, 2.05) is 24.3 Å². The van der Waals surface area contributed by atoms with Crippen molar-refractivity contribution < 1.29 is 9.53 Å². The number of hydrogen-bond acceptors (Lipinski definition) is 4. The average molecular weight is 316 g/mol. The van der Waals surface area contributed by atoms with Crippen molar-refractivity contribution in [2.24, 2.45) is 5.73 Å². The first-order valence-electron chi connectivity index (χ1n) is 6.80. The highest BCUT2D eigenvalue weighted by atomic mass is 35.5. The molecule has 5 heteroatoms. The van der Waals surface area contributed by atoms with Gasteiger partial charge in [0.15, 0.2) is 0 Å². The molecule has 1 rings (SSSR count). The first kappa shape index (κ1) is 17.3. The molecule has 0 heterocycles. The van der Waals surface area contributed by atoms with E-state index in [1.165, 1.54) is 4.90 Å². The Morgan fingerprint density at radius 1 is 1.45 bits per heavy atom. The smallest absolute Gasteiger partial charge is 0.325 e. The number of nitrogens with two attached hydrogens (primary N) is 1. The third kappa shape index (κ3) is 6.16. The van der Waals surface area contributed by atoms with Crippen LogP contribution < -0.4 is 5.73 Å². The fourth-order valence-corrected chi connectivity index (χ4v) is 2.96. The molecule has 2 N–H and O–H groups in total. The van der Waals surface area contributed by atoms with Crippen molar-refractivity contribution in [1.82, 2.24) is 0 Å². The molecule has 1 aromatic rings. The zero-order valence-electron chi connectivity index (χ0n) is 12.0. The van der Waals surface area contributed by atoms with Gasteiger partial charge in [0.1, 0.15) is 5.54 Å². The van der Waals surface area contributed by atoms with Crippen LogP contribution in [-0.4, -0.2) is 23.9 Å². The summed E-state index contributed by atoms with van der Waals surface area (Å²) in [4.78, 5) is 12.8. The molecule has 0 aliphatic heterocycles. The van der Waals surface area contributed by atoms with Crippen molar-refractivity contribution >= 4 is 29.3 Å². The summed E-state index contributed by atoms with van der Waals surface area (Å²) in [6.45, 7) is 3.89. The summed E-state index contributed by atoms with van der Waals surface area (Å²) in [5.41, 5.74) is 5.08. The Morgan fingerprint density at radius 3 is 2.85 bits per heavy atom. The topological polar surface area (TPSA) is 52.3 Å². The molecular weight excluding hydrogens is 294 g/mol. The lowest BCUT2D eigenvalue weighted by Gasteiger charge is -2.21. The van der Waals surface area contributed by atoms with Crippen molar-refractivity contribution in [2.45, 2.75) is 43.5 Å². The number of hydrogen-bond donors (Lipinski definition) is 1. The highest BCUT2D eigenvalue weighted by molar-refractivity contribution is 7.99. The number of carbonyl (C=O) groups is 1. The molecule has 0 aliphatic carbocycles. The Labute approximate surface area is 130 Å². The number of thioether (sulfide) groups is 1. The molecule has 0 radical (unpaired) electrons. The van der Waals surface area contributed by atoms with Crippen molar-refractivity contribution in [2.75, 3.05) is 12.4 Å². The number of benzene rings is 1. The summed E-state index contributed by atoms with van der Waals surface area (Å²) in [6.07, 6.45) is 2.55. The van der Waals surface area contributed by atoms with Crippen LogP contribution in [0, 0.1) is 0 Å². The number of rotatable bonds is 8. The van der Waals surface area contributed by atoms with E-state index in [2.05, 4.69) is 0 Å². The summed E-state index contributed by atoms with van der Waals surface area (Å²) in [5, 5.41) is 0.756. The van der Waals surface area contributed by atoms with Crippen molar-refractivity contribution in [1.29, 1.82) is 0 Å². The molecule has 3 nitrogen and oxygen atoms in total. The quantitative estimate of drug-likeness (QED) is 0.449. The zero-order valence-corrected chi connectivity index (χ0v) is 13.6. The van der Waals surface area contributed by atoms with Gasteiger partial charge in [-0.15, -0.1) is 11.8 Å². The predicted molar refractivity (Wildman–Crippen MR) is 85.3 cm³/mol. The van der Waals surface area contributed by atoms with Gasteiger partial charge in [-0.1, -0.05) is 24.1 Å². The highest BCUT2D eigenvalue weighted by Gasteiger charge is 2.28. The third-order valence-electron chi connectivity index (χ3n) is 2.90. The Kier molecular flexibility index (Phi) is 7.41. The molecule has 0 amide bonds. The molecule has 1 unspecified atom stereocenters. The van der Waals surface area contributed by atoms with Crippen LogP contribution in [0.3, 0.4) is 0 Å². The van der Waals surface area contributed by atoms with Crippen LogP contribution in [0.25, 0.3) is 0 Å². The third-order valence-corrected chi connectivity index (χ3v) is 4.21. The van der Waals surface area contributed by atoms with Crippen LogP contribution in [0.4, 0.5) is 0 Å². The monoisotopic (exact) mass is 315 g/mol. The van der Waals surface area contributed by atoms with Crippen molar-refractivity contribution in [3.05, 3.63) is 29.3 Å². The molecule has 112 valence electrons. The van der Waals surface area contributed by atoms with E-state index in [0.717, 1.165) is 23.6 Å². The number of ether oxygens (including phenoxy) is 1. The summed E-state index contributed by atoms with van der Waals surface area (Å²) < 4.78 is 4.96. The lowest BCUT2D eigenvalue weighted by Crippen LogP contribution is -2.46. The minimum absolute atomic E-state index is 0.317. The standard InChI is InChI=1S/C15H22ClNO2S/c1-3-19-14(18)15(2,17)9-4-5-10-20-13-8-6-7-12(16)11-13/h6-8,11H,3-5,9-10,17H2,1-2H3. The second kappa shape index (κ2) is 8.55. The summed E-state index contributed by atoms with van der Waals surface area (Å²) in [5.74, 6) is 0.668. The van der Waals surface area contributed by atoms with E-state index in [-0.39, 0.29) is 5.97 Å². The van der Waals surface area contributed by atoms with Crippen LogP contribution >= 0.6 is 23.4 Å². The lowest BCUT2D eigenvalue weighted by atomic mass is 9.96. The molecule has 0 spiro atoms. The van der Waals surface area contributed by atoms with Gasteiger partial charge in [-0.05, 0) is 50.6 Å². The van der Waals surface area contributed by atoms with Gasteiger partial charge in [-0.3, -0.25) is 4.79 Å². The molecule has 0 aliphatic rings. The fraction of sp³-hybridized carbons (Fsp3) is 0.533. The van der Waals surface area contributed by atoms with Gasteiger partial charge >= 0.3 is 5.97 Å². The van der Waals surface area contributed by atoms with Gasteiger partial charge in [-0.25, -0.2) is 0 Å². The molecule has 0 fully saturated rings. The lowest BCUT2D eigenvalue weighted by molar-refractivity contribution is -0.149. The zero-order chi connectivity index (χ0) is 15.0. The van der Waals surface area contributed by atoms with Crippen LogP contribution in [0.5, 0.6) is 0 Å². The van der Waals surface area contributed by atoms with Gasteiger partial charge in [0, 0.05) is 9.92 Å². The maximum absolute atomic E-state index is 11.6. The average Bonchev–Trinajstić information content (AvgIpc) is 2.38. The maximum Gasteiger partial charge on any atom is 0.325 e. The molecule has 0 saturated heterocycles. The van der Waals surface area contributed by atoms with Crippen LogP contribution in [-0.2, 0) is 9.53 Å². The van der Waals surface area contributed by atoms with Gasteiger partial charge in [-0.2, -0.15) is 0 Å². The van der Waals surface area contributed by atoms with Crippen molar-refractivity contribution in [3.8, 4) is 0 Å². The summed E-state index contributed by atoms with van der Waals surface area (Å²) in [7, 11) is 0. The van der Waals surface area contributed by atoms with E-state index in [4.69, 9.17) is 22.1 Å². The highest BCUT2D eigenvalue weighted by Crippen LogP contribution is 2.23. The summed E-state index contributed by atoms with van der Waals surface area (Å²) >= 11 is 7.69. The van der Waals surface area contributed by atoms with Crippen LogP contribution in [0.1, 0.15) is 33.1 Å². The van der Waals surface area contributed by atoms with E-state index in [9.17, 15) is 4.79 Å². The van der Waals surface area contributed by atoms with Gasteiger partial charge in [0.2, 0.25) is 0 Å². The van der Waals surface area contributed by atoms with E-state index in [0.29, 0.717) is 13.0 Å². The molecule has 0 saturated carbocycles. The molecular formula is C15H22ClNO2S. The normalized spacial score (nSPS) is 13.8. The predicted octanol–water partition coefficient (Wildman–Crippen LogP) is 3.88. The molecule has 20 heavy (non-hydrogen) atoms. The fourth-order valence-electron chi connectivity index (χ4n) is 1.74. The molecule has 0 bridgehead atoms. The minimum atomic E-state index is -0.878. The van der Waals surface area contributed by atoms with Crippen LogP contribution in [0.15, 0.2) is 29.2 Å². The Balaban J connectivity index is 2.23. The molecule has 1 aromatic carbocycles. The second-order valence-electron chi connectivity index (χ2n) is 4.90. The number of carbonyl (C=O) groups excluding carboxylic acids is 1. The van der Waals surface area contributed by atoms with E-state index in [1.54, 1.807) is 25.6 Å². The summed E-state index contributed by atoms with van der Waals surface area (Å²) in [6, 6.07) is 7.81. The minimum Gasteiger partial charge on any atom is -0.465 e. The molecule has 1 atom stereocenters. The Morgan fingerprint density at radius 2 is 2.20 bits per heavy atom. The molecule has 0 aromatic heterocycles. The largest absolute Gasteiger partial charge is 0.465 e. The first-order valence-corrected chi connectivity index (χ1v) is 8.16. The van der Waals surface area contributed by atoms with E-state index >= 15 is 0 Å². The Bertz CT molecular complexity index is 438. The van der Waals surface area contributed by atoms with E-state index < -0.39 is 5.54 Å². The number of unbranched alkanes of at least 4 members (excludes halogenated alkanes) is 1. The maximum atomic E-state index is 11.6. The van der Waals surface area contributed by atoms with Gasteiger partial charge in [0.25, 0.3) is 0 Å². The number of halogens is 1. The second-order valence-corrected chi connectivity index (χ2v) is 6.51. The van der Waals surface area contributed by atoms with Crippen LogP contribution in [0.2, 0.25) is 5.02 Å². The van der Waals surface area contributed by atoms with Gasteiger partial charge < -0.3 is 10.5 Å².